The number of nitrogens with zero attached hydrogens (tertiary/aromatic N) is 1. The maximum absolute atomic E-state index is 5.43. The van der Waals surface area contributed by atoms with Gasteiger partial charge in [-0.25, -0.2) is 0 Å². The van der Waals surface area contributed by atoms with E-state index in [1.54, 1.807) is 0 Å². The highest BCUT2D eigenvalue weighted by Gasteiger charge is 2.02. The Morgan fingerprint density at radius 2 is 1.53 bits per heavy atom. The maximum Gasteiger partial charge on any atom is 0.0107 e. The summed E-state index contributed by atoms with van der Waals surface area (Å²) in [5.74, 6) is 0. The lowest BCUT2D eigenvalue weighted by molar-refractivity contribution is 0.265. The zero-order chi connectivity index (χ0) is 11.4. The lowest BCUT2D eigenvalue weighted by Gasteiger charge is -2.21. The van der Waals surface area contributed by atoms with E-state index in [0.29, 0.717) is 0 Å². The second kappa shape index (κ2) is 12.0. The third kappa shape index (κ3) is 10.2. The molecule has 0 bridgehead atoms. The van der Waals surface area contributed by atoms with Crippen LogP contribution in [0.2, 0.25) is 0 Å². The molecule has 3 heteroatoms. The lowest BCUT2D eigenvalue weighted by Crippen LogP contribution is -2.35. The van der Waals surface area contributed by atoms with Crippen LogP contribution in [-0.4, -0.2) is 44.2 Å². The van der Waals surface area contributed by atoms with Gasteiger partial charge in [-0.3, -0.25) is 0 Å². The SMILES string of the molecule is CCCCN(CCCC)CCNCCN. The summed E-state index contributed by atoms with van der Waals surface area (Å²) in [5, 5.41) is 3.35. The summed E-state index contributed by atoms with van der Waals surface area (Å²) in [5.41, 5.74) is 5.43. The fourth-order valence-electron chi connectivity index (χ4n) is 1.56. The Labute approximate surface area is 95.4 Å². The van der Waals surface area contributed by atoms with Gasteiger partial charge in [0, 0.05) is 26.2 Å². The molecule has 0 aromatic heterocycles. The van der Waals surface area contributed by atoms with Crippen molar-refractivity contribution in [2.24, 2.45) is 5.73 Å². The van der Waals surface area contributed by atoms with Crippen molar-refractivity contribution in [3.8, 4) is 0 Å². The molecule has 0 aliphatic heterocycles. The molecule has 0 heterocycles. The van der Waals surface area contributed by atoms with E-state index in [2.05, 4.69) is 24.1 Å². The molecule has 3 nitrogen and oxygen atoms in total. The van der Waals surface area contributed by atoms with Gasteiger partial charge in [0.2, 0.25) is 0 Å². The van der Waals surface area contributed by atoms with E-state index < -0.39 is 0 Å². The number of hydrogen-bond acceptors (Lipinski definition) is 3. The van der Waals surface area contributed by atoms with Gasteiger partial charge in [0.1, 0.15) is 0 Å². The van der Waals surface area contributed by atoms with Gasteiger partial charge in [0.05, 0.1) is 0 Å². The average Bonchev–Trinajstić information content (AvgIpc) is 2.27. The van der Waals surface area contributed by atoms with Gasteiger partial charge in [-0.1, -0.05) is 26.7 Å². The summed E-state index contributed by atoms with van der Waals surface area (Å²) in [7, 11) is 0. The standard InChI is InChI=1S/C12H29N3/c1-3-5-10-15(11-6-4-2)12-9-14-8-7-13/h14H,3-13H2,1-2H3. The molecule has 0 aliphatic rings. The Morgan fingerprint density at radius 1 is 0.933 bits per heavy atom. The van der Waals surface area contributed by atoms with E-state index in [4.69, 9.17) is 5.73 Å². The molecule has 92 valence electrons. The molecule has 0 amide bonds. The second-order valence-corrected chi connectivity index (χ2v) is 4.09. The van der Waals surface area contributed by atoms with Crippen LogP contribution in [0.15, 0.2) is 0 Å². The molecule has 0 aromatic carbocycles. The third-order valence-electron chi connectivity index (χ3n) is 2.58. The highest BCUT2D eigenvalue weighted by atomic mass is 15.1. The molecule has 0 rings (SSSR count). The fourth-order valence-corrected chi connectivity index (χ4v) is 1.56. The zero-order valence-electron chi connectivity index (χ0n) is 10.6. The van der Waals surface area contributed by atoms with Gasteiger partial charge < -0.3 is 16.0 Å². The predicted octanol–water partition coefficient (Wildman–Crippen LogP) is 1.44. The molecule has 0 saturated carbocycles. The largest absolute Gasteiger partial charge is 0.329 e. The number of nitrogens with one attached hydrogen (secondary N) is 1. The Bertz CT molecular complexity index is 109. The first-order chi connectivity index (χ1) is 7.35. The van der Waals surface area contributed by atoms with Crippen molar-refractivity contribution in [3.05, 3.63) is 0 Å². The first-order valence-electron chi connectivity index (χ1n) is 6.48. The number of hydrogen-bond donors (Lipinski definition) is 2. The van der Waals surface area contributed by atoms with Crippen LogP contribution in [0.3, 0.4) is 0 Å². The van der Waals surface area contributed by atoms with Gasteiger partial charge in [-0.15, -0.1) is 0 Å². The highest BCUT2D eigenvalue weighted by molar-refractivity contribution is 4.60. The highest BCUT2D eigenvalue weighted by Crippen LogP contribution is 1.98. The summed E-state index contributed by atoms with van der Waals surface area (Å²) < 4.78 is 0. The van der Waals surface area contributed by atoms with E-state index >= 15 is 0 Å². The van der Waals surface area contributed by atoms with Crippen LogP contribution < -0.4 is 11.1 Å². The van der Waals surface area contributed by atoms with E-state index in [9.17, 15) is 0 Å². The van der Waals surface area contributed by atoms with Crippen LogP contribution in [-0.2, 0) is 0 Å². The van der Waals surface area contributed by atoms with Gasteiger partial charge in [0.25, 0.3) is 0 Å². The Morgan fingerprint density at radius 3 is 2.00 bits per heavy atom. The van der Waals surface area contributed by atoms with Crippen molar-refractivity contribution in [3.63, 3.8) is 0 Å². The van der Waals surface area contributed by atoms with Crippen LogP contribution in [0.1, 0.15) is 39.5 Å². The summed E-state index contributed by atoms with van der Waals surface area (Å²) >= 11 is 0. The minimum Gasteiger partial charge on any atom is -0.329 e. The van der Waals surface area contributed by atoms with Crippen LogP contribution in [0.25, 0.3) is 0 Å². The van der Waals surface area contributed by atoms with Crippen molar-refractivity contribution in [1.29, 1.82) is 0 Å². The molecule has 0 saturated heterocycles. The molecule has 0 aromatic rings. The van der Waals surface area contributed by atoms with E-state index in [0.717, 1.165) is 19.6 Å². The van der Waals surface area contributed by atoms with E-state index in [1.807, 2.05) is 0 Å². The predicted molar refractivity (Wildman–Crippen MR) is 68.2 cm³/mol. The second-order valence-electron chi connectivity index (χ2n) is 4.09. The van der Waals surface area contributed by atoms with Crippen molar-refractivity contribution in [1.82, 2.24) is 10.2 Å². The summed E-state index contributed by atoms with van der Waals surface area (Å²) in [6.45, 7) is 10.9. The van der Waals surface area contributed by atoms with Gasteiger partial charge in [-0.05, 0) is 25.9 Å². The zero-order valence-corrected chi connectivity index (χ0v) is 10.6. The monoisotopic (exact) mass is 215 g/mol. The van der Waals surface area contributed by atoms with Gasteiger partial charge >= 0.3 is 0 Å². The van der Waals surface area contributed by atoms with E-state index in [1.165, 1.54) is 45.3 Å². The topological polar surface area (TPSA) is 41.3 Å². The number of rotatable bonds is 11. The number of nitrogens with two attached hydrogens (primary N) is 1. The summed E-state index contributed by atoms with van der Waals surface area (Å²) in [4.78, 5) is 2.57. The molecule has 0 radical (unpaired) electrons. The molecular formula is C12H29N3. The lowest BCUT2D eigenvalue weighted by atomic mass is 10.2. The van der Waals surface area contributed by atoms with Crippen molar-refractivity contribution in [2.75, 3.05) is 39.3 Å². The van der Waals surface area contributed by atoms with Crippen molar-refractivity contribution < 1.29 is 0 Å². The Hall–Kier alpha value is -0.120. The third-order valence-corrected chi connectivity index (χ3v) is 2.58. The maximum atomic E-state index is 5.43. The molecular weight excluding hydrogens is 186 g/mol. The Balaban J connectivity index is 3.49. The first-order valence-corrected chi connectivity index (χ1v) is 6.48. The Kier molecular flexibility index (Phi) is 11.9. The number of unbranched alkanes of at least 4 members (excludes halogenated alkanes) is 2. The van der Waals surface area contributed by atoms with Crippen LogP contribution in [0.5, 0.6) is 0 Å². The molecule has 0 unspecified atom stereocenters. The smallest absolute Gasteiger partial charge is 0.0107 e. The van der Waals surface area contributed by atoms with Crippen LogP contribution in [0.4, 0.5) is 0 Å². The molecule has 0 aliphatic carbocycles. The molecule has 15 heavy (non-hydrogen) atoms. The van der Waals surface area contributed by atoms with E-state index in [-0.39, 0.29) is 0 Å². The average molecular weight is 215 g/mol. The first kappa shape index (κ1) is 14.9. The van der Waals surface area contributed by atoms with Crippen molar-refractivity contribution in [2.45, 2.75) is 39.5 Å². The normalized spacial score (nSPS) is 11.2. The van der Waals surface area contributed by atoms with Gasteiger partial charge in [-0.2, -0.15) is 0 Å². The quantitative estimate of drug-likeness (QED) is 0.512. The fraction of sp³-hybridized carbons (Fsp3) is 1.00. The summed E-state index contributed by atoms with van der Waals surface area (Å²) in [6, 6.07) is 0. The van der Waals surface area contributed by atoms with Gasteiger partial charge in [0.15, 0.2) is 0 Å². The molecule has 3 N–H and O–H groups in total. The summed E-state index contributed by atoms with van der Waals surface area (Å²) in [6.07, 6.45) is 5.22. The molecule has 0 spiro atoms. The van der Waals surface area contributed by atoms with Crippen LogP contribution in [0, 0.1) is 0 Å². The molecule has 0 fully saturated rings. The van der Waals surface area contributed by atoms with Crippen molar-refractivity contribution >= 4 is 0 Å². The minimum absolute atomic E-state index is 0.740. The van der Waals surface area contributed by atoms with Crippen LogP contribution >= 0.6 is 0 Å². The minimum atomic E-state index is 0.740. The molecule has 0 atom stereocenters.